The molecular formula is C18H13IN2O2S. The third-order valence-electron chi connectivity index (χ3n) is 3.27. The van der Waals surface area contributed by atoms with E-state index in [1.54, 1.807) is 30.3 Å². The van der Waals surface area contributed by atoms with Gasteiger partial charge in [0, 0.05) is 14.8 Å². The molecule has 0 aliphatic rings. The number of hydrogen-bond donors (Lipinski definition) is 2. The number of carbonyl (C=O) groups excluding carboxylic acids is 2. The average molecular weight is 448 g/mol. The predicted molar refractivity (Wildman–Crippen MR) is 106 cm³/mol. The van der Waals surface area contributed by atoms with Gasteiger partial charge in [0.25, 0.3) is 11.8 Å². The first-order valence-corrected chi connectivity index (χ1v) is 9.10. The van der Waals surface area contributed by atoms with Gasteiger partial charge in [0.15, 0.2) is 0 Å². The van der Waals surface area contributed by atoms with Crippen LogP contribution in [0.15, 0.2) is 66.0 Å². The molecule has 0 bridgehead atoms. The van der Waals surface area contributed by atoms with Gasteiger partial charge in [-0.3, -0.25) is 9.59 Å². The molecule has 0 atom stereocenters. The number of halogens is 1. The molecule has 0 aliphatic carbocycles. The normalized spacial score (nSPS) is 10.2. The Morgan fingerprint density at radius 2 is 1.58 bits per heavy atom. The highest BCUT2D eigenvalue weighted by Gasteiger charge is 2.10. The molecule has 0 saturated heterocycles. The van der Waals surface area contributed by atoms with Gasteiger partial charge in [0.05, 0.1) is 10.6 Å². The number of anilines is 2. The summed E-state index contributed by atoms with van der Waals surface area (Å²) in [6, 6.07) is 18.0. The Morgan fingerprint density at radius 1 is 0.833 bits per heavy atom. The molecule has 2 N–H and O–H groups in total. The van der Waals surface area contributed by atoms with Crippen LogP contribution in [0, 0.1) is 3.57 Å². The van der Waals surface area contributed by atoms with E-state index in [1.165, 1.54) is 11.3 Å². The molecule has 3 aromatic rings. The van der Waals surface area contributed by atoms with Crippen LogP contribution in [0.1, 0.15) is 20.0 Å². The Balaban J connectivity index is 1.67. The fraction of sp³-hybridized carbons (Fsp3) is 0. The highest BCUT2D eigenvalue weighted by Crippen LogP contribution is 2.19. The molecule has 0 spiro atoms. The number of amides is 2. The Morgan fingerprint density at radius 3 is 2.25 bits per heavy atom. The number of carbonyl (C=O) groups is 2. The monoisotopic (exact) mass is 448 g/mol. The average Bonchev–Trinajstić information content (AvgIpc) is 3.12. The Bertz CT molecular complexity index is 861. The zero-order chi connectivity index (χ0) is 16.9. The number of para-hydroxylation sites is 1. The summed E-state index contributed by atoms with van der Waals surface area (Å²) in [5.41, 5.74) is 1.96. The maximum absolute atomic E-state index is 12.3. The van der Waals surface area contributed by atoms with E-state index in [-0.39, 0.29) is 11.8 Å². The van der Waals surface area contributed by atoms with Crippen molar-refractivity contribution < 1.29 is 9.59 Å². The molecule has 2 aromatic carbocycles. The molecule has 0 aliphatic heterocycles. The minimum Gasteiger partial charge on any atom is -0.321 e. The summed E-state index contributed by atoms with van der Waals surface area (Å²) >= 11 is 3.56. The topological polar surface area (TPSA) is 58.2 Å². The van der Waals surface area contributed by atoms with Gasteiger partial charge in [-0.2, -0.15) is 0 Å². The summed E-state index contributed by atoms with van der Waals surface area (Å²) < 4.78 is 0.975. The molecule has 1 heterocycles. The summed E-state index contributed by atoms with van der Waals surface area (Å²) in [5.74, 6) is -0.337. The maximum Gasteiger partial charge on any atom is 0.265 e. The zero-order valence-electron chi connectivity index (χ0n) is 12.5. The van der Waals surface area contributed by atoms with Crippen molar-refractivity contribution in [2.24, 2.45) is 0 Å². The standard InChI is InChI=1S/C18H13IN2O2S/c19-14-4-1-2-5-15(14)21-17(22)12-7-9-13(10-8-12)20-18(23)16-6-3-11-24-16/h1-11H,(H,20,23)(H,21,22). The molecule has 24 heavy (non-hydrogen) atoms. The van der Waals surface area contributed by atoms with E-state index in [1.807, 2.05) is 35.7 Å². The van der Waals surface area contributed by atoms with Crippen LogP contribution in [-0.4, -0.2) is 11.8 Å². The van der Waals surface area contributed by atoms with Crippen molar-refractivity contribution in [1.29, 1.82) is 0 Å². The summed E-state index contributed by atoms with van der Waals surface area (Å²) in [7, 11) is 0. The minimum atomic E-state index is -0.185. The fourth-order valence-electron chi connectivity index (χ4n) is 2.06. The third-order valence-corrected chi connectivity index (χ3v) is 5.08. The molecule has 0 radical (unpaired) electrons. The molecular weight excluding hydrogens is 435 g/mol. The van der Waals surface area contributed by atoms with Crippen LogP contribution in [0.25, 0.3) is 0 Å². The first-order valence-electron chi connectivity index (χ1n) is 7.14. The molecule has 0 unspecified atom stereocenters. The van der Waals surface area contributed by atoms with Crippen LogP contribution >= 0.6 is 33.9 Å². The van der Waals surface area contributed by atoms with Crippen LogP contribution in [-0.2, 0) is 0 Å². The van der Waals surface area contributed by atoms with E-state index in [4.69, 9.17) is 0 Å². The highest BCUT2D eigenvalue weighted by atomic mass is 127. The van der Waals surface area contributed by atoms with Crippen LogP contribution in [0.3, 0.4) is 0 Å². The van der Waals surface area contributed by atoms with E-state index >= 15 is 0 Å². The number of rotatable bonds is 4. The molecule has 4 nitrogen and oxygen atoms in total. The third kappa shape index (κ3) is 4.01. The van der Waals surface area contributed by atoms with Crippen molar-refractivity contribution in [3.05, 3.63) is 80.1 Å². The molecule has 2 amide bonds. The SMILES string of the molecule is O=C(Nc1ccccc1I)c1ccc(NC(=O)c2cccs2)cc1. The second-order valence-corrected chi connectivity index (χ2v) is 7.05. The fourth-order valence-corrected chi connectivity index (χ4v) is 3.20. The first kappa shape index (κ1) is 16.7. The Kier molecular flexibility index (Phi) is 5.27. The van der Waals surface area contributed by atoms with Crippen LogP contribution in [0.2, 0.25) is 0 Å². The maximum atomic E-state index is 12.3. The second kappa shape index (κ2) is 7.59. The van der Waals surface area contributed by atoms with E-state index in [2.05, 4.69) is 33.2 Å². The molecule has 6 heteroatoms. The number of nitrogens with one attached hydrogen (secondary N) is 2. The minimum absolute atomic E-state index is 0.152. The summed E-state index contributed by atoms with van der Waals surface area (Å²) in [6.07, 6.45) is 0. The van der Waals surface area contributed by atoms with Crippen molar-refractivity contribution in [2.45, 2.75) is 0 Å². The Labute approximate surface area is 157 Å². The van der Waals surface area contributed by atoms with E-state index in [0.717, 1.165) is 9.26 Å². The lowest BCUT2D eigenvalue weighted by Gasteiger charge is -2.08. The molecule has 120 valence electrons. The number of benzene rings is 2. The molecule has 1 aromatic heterocycles. The zero-order valence-corrected chi connectivity index (χ0v) is 15.4. The lowest BCUT2D eigenvalue weighted by Crippen LogP contribution is -2.13. The van der Waals surface area contributed by atoms with Crippen molar-refractivity contribution in [3.63, 3.8) is 0 Å². The number of thiophene rings is 1. The van der Waals surface area contributed by atoms with Gasteiger partial charge in [-0.05, 0) is 70.4 Å². The van der Waals surface area contributed by atoms with E-state index in [0.29, 0.717) is 16.1 Å². The van der Waals surface area contributed by atoms with Gasteiger partial charge in [0.2, 0.25) is 0 Å². The molecule has 0 saturated carbocycles. The predicted octanol–water partition coefficient (Wildman–Crippen LogP) is 4.86. The summed E-state index contributed by atoms with van der Waals surface area (Å²) in [5, 5.41) is 7.54. The van der Waals surface area contributed by atoms with Crippen LogP contribution < -0.4 is 10.6 Å². The second-order valence-electron chi connectivity index (χ2n) is 4.94. The number of hydrogen-bond acceptors (Lipinski definition) is 3. The lowest BCUT2D eigenvalue weighted by molar-refractivity contribution is 0.102. The first-order chi connectivity index (χ1) is 11.6. The van der Waals surface area contributed by atoms with Gasteiger partial charge in [-0.1, -0.05) is 18.2 Å². The van der Waals surface area contributed by atoms with E-state index < -0.39 is 0 Å². The van der Waals surface area contributed by atoms with Crippen molar-refractivity contribution in [3.8, 4) is 0 Å². The van der Waals surface area contributed by atoms with Gasteiger partial charge in [-0.25, -0.2) is 0 Å². The highest BCUT2D eigenvalue weighted by molar-refractivity contribution is 14.1. The molecule has 3 rings (SSSR count). The van der Waals surface area contributed by atoms with Gasteiger partial charge >= 0.3 is 0 Å². The van der Waals surface area contributed by atoms with Crippen molar-refractivity contribution in [2.75, 3.05) is 10.6 Å². The lowest BCUT2D eigenvalue weighted by atomic mass is 10.2. The summed E-state index contributed by atoms with van der Waals surface area (Å²) in [4.78, 5) is 24.9. The van der Waals surface area contributed by atoms with Gasteiger partial charge in [0.1, 0.15) is 0 Å². The largest absolute Gasteiger partial charge is 0.321 e. The van der Waals surface area contributed by atoms with Crippen LogP contribution in [0.4, 0.5) is 11.4 Å². The van der Waals surface area contributed by atoms with Crippen molar-refractivity contribution >= 4 is 57.1 Å². The smallest absolute Gasteiger partial charge is 0.265 e. The van der Waals surface area contributed by atoms with Gasteiger partial charge < -0.3 is 10.6 Å². The van der Waals surface area contributed by atoms with Crippen molar-refractivity contribution in [1.82, 2.24) is 0 Å². The summed E-state index contributed by atoms with van der Waals surface area (Å²) in [6.45, 7) is 0. The molecule has 0 fully saturated rings. The van der Waals surface area contributed by atoms with Crippen LogP contribution in [0.5, 0.6) is 0 Å². The Hall–Kier alpha value is -2.19. The quantitative estimate of drug-likeness (QED) is 0.561. The van der Waals surface area contributed by atoms with E-state index in [9.17, 15) is 9.59 Å². The van der Waals surface area contributed by atoms with Gasteiger partial charge in [-0.15, -0.1) is 11.3 Å².